The zero-order valence-electron chi connectivity index (χ0n) is 16.8. The molecule has 3 aromatic rings. The number of aromatic nitrogens is 2. The zero-order chi connectivity index (χ0) is 22.9. The maximum atomic E-state index is 13.1. The second-order valence-corrected chi connectivity index (χ2v) is 8.27. The molecule has 11 heteroatoms. The molecule has 0 saturated heterocycles. The molecule has 0 aliphatic rings. The third-order valence-electron chi connectivity index (χ3n) is 4.02. The molecule has 0 bridgehead atoms. The highest BCUT2D eigenvalue weighted by molar-refractivity contribution is 7.12. The standard InChI is InChI=1S/C20H18N4O6S/c1-20(2,3)30-19(29)24-8-11(10-6-4-5-7-13(10)24)14(25)18-22-12(9-31-18)15(26)16(27)17(28)23-21/h4-9H,21H2,1-3H3,(H,23,28). The predicted octanol–water partition coefficient (Wildman–Crippen LogP) is 1.85. The number of nitrogens with zero attached hydrogens (tertiary/aromatic N) is 2. The van der Waals surface area contributed by atoms with Crippen molar-refractivity contribution in [3.8, 4) is 0 Å². The Morgan fingerprint density at radius 2 is 1.81 bits per heavy atom. The minimum Gasteiger partial charge on any atom is -0.443 e. The van der Waals surface area contributed by atoms with Crippen LogP contribution < -0.4 is 11.3 Å². The van der Waals surface area contributed by atoms with E-state index in [1.165, 1.54) is 16.1 Å². The Hall–Kier alpha value is -3.70. The molecule has 1 aromatic carbocycles. The van der Waals surface area contributed by atoms with Gasteiger partial charge in [-0.3, -0.25) is 29.2 Å². The lowest BCUT2D eigenvalue weighted by Crippen LogP contribution is -2.39. The molecule has 0 fully saturated rings. The van der Waals surface area contributed by atoms with E-state index < -0.39 is 35.0 Å². The Kier molecular flexibility index (Phi) is 5.82. The van der Waals surface area contributed by atoms with Gasteiger partial charge in [-0.25, -0.2) is 15.6 Å². The van der Waals surface area contributed by atoms with Crippen LogP contribution in [0.25, 0.3) is 10.9 Å². The van der Waals surface area contributed by atoms with E-state index >= 15 is 0 Å². The van der Waals surface area contributed by atoms with Crippen LogP contribution in [0.5, 0.6) is 0 Å². The van der Waals surface area contributed by atoms with Crippen molar-refractivity contribution < 1.29 is 28.7 Å². The van der Waals surface area contributed by atoms with E-state index in [0.29, 0.717) is 10.9 Å². The lowest BCUT2D eigenvalue weighted by atomic mass is 10.1. The number of ether oxygens (including phenoxy) is 1. The van der Waals surface area contributed by atoms with Gasteiger partial charge in [-0.05, 0) is 26.8 Å². The van der Waals surface area contributed by atoms with Gasteiger partial charge in [-0.15, -0.1) is 11.3 Å². The number of hydrogen-bond donors (Lipinski definition) is 2. The van der Waals surface area contributed by atoms with Gasteiger partial charge < -0.3 is 4.74 Å². The quantitative estimate of drug-likeness (QED) is 0.152. The Balaban J connectivity index is 1.98. The highest BCUT2D eigenvalue weighted by atomic mass is 32.1. The molecule has 3 N–H and O–H groups in total. The lowest BCUT2D eigenvalue weighted by Gasteiger charge is -2.19. The molecule has 2 heterocycles. The molecule has 0 radical (unpaired) electrons. The number of thiazole rings is 1. The summed E-state index contributed by atoms with van der Waals surface area (Å²) in [7, 11) is 0. The molecule has 0 saturated carbocycles. The van der Waals surface area contributed by atoms with Gasteiger partial charge in [0, 0.05) is 17.0 Å². The lowest BCUT2D eigenvalue weighted by molar-refractivity contribution is -0.135. The first-order valence-electron chi connectivity index (χ1n) is 8.96. The number of amides is 1. The second-order valence-electron chi connectivity index (χ2n) is 7.41. The summed E-state index contributed by atoms with van der Waals surface area (Å²) < 4.78 is 6.62. The molecule has 160 valence electrons. The largest absolute Gasteiger partial charge is 0.443 e. The van der Waals surface area contributed by atoms with Crippen molar-refractivity contribution in [3.05, 3.63) is 52.1 Å². The normalized spacial score (nSPS) is 11.2. The maximum Gasteiger partial charge on any atom is 0.419 e. The first kappa shape index (κ1) is 22.0. The molecule has 3 rings (SSSR count). The highest BCUT2D eigenvalue weighted by Gasteiger charge is 2.28. The number of para-hydroxylation sites is 1. The Morgan fingerprint density at radius 1 is 1.13 bits per heavy atom. The van der Waals surface area contributed by atoms with Gasteiger partial charge in [0.25, 0.3) is 11.6 Å². The summed E-state index contributed by atoms with van der Waals surface area (Å²) in [5.74, 6) is 0.428. The zero-order valence-corrected chi connectivity index (χ0v) is 17.6. The summed E-state index contributed by atoms with van der Waals surface area (Å²) in [5, 5.41) is 1.60. The van der Waals surface area contributed by atoms with E-state index in [2.05, 4.69) is 4.98 Å². The van der Waals surface area contributed by atoms with E-state index in [-0.39, 0.29) is 16.3 Å². The minimum atomic E-state index is -1.40. The fourth-order valence-electron chi connectivity index (χ4n) is 2.71. The van der Waals surface area contributed by atoms with Crippen LogP contribution in [0.1, 0.15) is 46.6 Å². The van der Waals surface area contributed by atoms with E-state index in [9.17, 15) is 24.0 Å². The van der Waals surface area contributed by atoms with Crippen LogP contribution in [0.4, 0.5) is 4.79 Å². The first-order chi connectivity index (χ1) is 14.5. The summed E-state index contributed by atoms with van der Waals surface area (Å²) in [6, 6.07) is 6.75. The summed E-state index contributed by atoms with van der Waals surface area (Å²) in [6.45, 7) is 5.18. The molecule has 0 spiro atoms. The number of fused-ring (bicyclic) bond motifs is 1. The Morgan fingerprint density at radius 3 is 2.45 bits per heavy atom. The molecule has 1 amide bonds. The van der Waals surface area contributed by atoms with Crippen LogP contribution in [0.3, 0.4) is 0 Å². The topological polar surface area (TPSA) is 150 Å². The average Bonchev–Trinajstić information content (AvgIpc) is 3.36. The number of hydrazine groups is 1. The Labute approximate surface area is 180 Å². The number of nitrogens with one attached hydrogen (secondary N) is 1. The first-order valence-corrected chi connectivity index (χ1v) is 9.84. The number of carbonyl (C=O) groups excluding carboxylic acids is 5. The maximum absolute atomic E-state index is 13.1. The predicted molar refractivity (Wildman–Crippen MR) is 111 cm³/mol. The van der Waals surface area contributed by atoms with Crippen LogP contribution in [-0.4, -0.2) is 44.5 Å². The van der Waals surface area contributed by atoms with Crippen molar-refractivity contribution in [1.29, 1.82) is 0 Å². The van der Waals surface area contributed by atoms with E-state index in [1.54, 1.807) is 50.5 Å². The van der Waals surface area contributed by atoms with Gasteiger partial charge in [0.15, 0.2) is 5.01 Å². The molecule has 0 aliphatic heterocycles. The van der Waals surface area contributed by atoms with Crippen molar-refractivity contribution in [2.75, 3.05) is 0 Å². The Bertz CT molecular complexity index is 1230. The van der Waals surface area contributed by atoms with E-state index in [1.807, 2.05) is 0 Å². The molecular formula is C20H18N4O6S. The fraction of sp³-hybridized carbons (Fsp3) is 0.200. The summed E-state index contributed by atoms with van der Waals surface area (Å²) >= 11 is 0.832. The number of carbonyl (C=O) groups is 5. The van der Waals surface area contributed by atoms with Crippen LogP contribution in [0.2, 0.25) is 0 Å². The third-order valence-corrected chi connectivity index (χ3v) is 4.86. The van der Waals surface area contributed by atoms with Crippen molar-refractivity contribution in [3.63, 3.8) is 0 Å². The monoisotopic (exact) mass is 442 g/mol. The molecule has 0 aliphatic carbocycles. The third kappa shape index (κ3) is 4.42. The molecule has 10 nitrogen and oxygen atoms in total. The van der Waals surface area contributed by atoms with Crippen molar-refractivity contribution in [2.45, 2.75) is 26.4 Å². The molecule has 0 atom stereocenters. The van der Waals surface area contributed by atoms with Gasteiger partial charge in [-0.1, -0.05) is 18.2 Å². The van der Waals surface area contributed by atoms with Gasteiger partial charge in [0.1, 0.15) is 11.3 Å². The van der Waals surface area contributed by atoms with Gasteiger partial charge in [-0.2, -0.15) is 0 Å². The molecule has 31 heavy (non-hydrogen) atoms. The molecular weight excluding hydrogens is 424 g/mol. The van der Waals surface area contributed by atoms with Crippen LogP contribution in [0.15, 0.2) is 35.8 Å². The molecule has 0 unspecified atom stereocenters. The van der Waals surface area contributed by atoms with Crippen LogP contribution >= 0.6 is 11.3 Å². The SMILES string of the molecule is CC(C)(C)OC(=O)n1cc(C(=O)c2nc(C(=O)C(=O)C(=O)NN)cs2)c2ccccc21. The van der Waals surface area contributed by atoms with Crippen molar-refractivity contribution >= 4 is 51.6 Å². The van der Waals surface area contributed by atoms with Gasteiger partial charge >= 0.3 is 12.0 Å². The smallest absolute Gasteiger partial charge is 0.419 e. The summed E-state index contributed by atoms with van der Waals surface area (Å²) in [4.78, 5) is 64.5. The average molecular weight is 442 g/mol. The number of nitrogens with two attached hydrogens (primary N) is 1. The fourth-order valence-corrected chi connectivity index (χ4v) is 3.46. The number of benzene rings is 1. The number of rotatable bonds is 5. The van der Waals surface area contributed by atoms with Gasteiger partial charge in [0.05, 0.1) is 11.1 Å². The van der Waals surface area contributed by atoms with E-state index in [0.717, 1.165) is 11.3 Å². The number of hydrogen-bond acceptors (Lipinski definition) is 9. The number of ketones is 3. The second kappa shape index (κ2) is 8.20. The summed E-state index contributed by atoms with van der Waals surface area (Å²) in [6.07, 6.45) is 0.688. The summed E-state index contributed by atoms with van der Waals surface area (Å²) in [5.41, 5.74) is 1.12. The van der Waals surface area contributed by atoms with Gasteiger partial charge in [0.2, 0.25) is 5.78 Å². The van der Waals surface area contributed by atoms with Crippen LogP contribution in [-0.2, 0) is 14.3 Å². The number of Topliss-reactive ketones (excluding diaryl/α,β-unsaturated/α-hetero) is 2. The van der Waals surface area contributed by atoms with Crippen LogP contribution in [0, 0.1) is 0 Å². The molecule has 2 aromatic heterocycles. The minimum absolute atomic E-state index is 0.0867. The van der Waals surface area contributed by atoms with Crippen molar-refractivity contribution in [2.24, 2.45) is 5.84 Å². The highest BCUT2D eigenvalue weighted by Crippen LogP contribution is 2.26. The van der Waals surface area contributed by atoms with E-state index in [4.69, 9.17) is 10.6 Å². The van der Waals surface area contributed by atoms with Crippen molar-refractivity contribution in [1.82, 2.24) is 15.0 Å².